The van der Waals surface area contributed by atoms with Crippen LogP contribution in [0.2, 0.25) is 10.0 Å². The first-order valence-electron chi connectivity index (χ1n) is 6.89. The lowest BCUT2D eigenvalue weighted by Crippen LogP contribution is -2.47. The SMILES string of the molecule is CS(=O)(=O)CC1C(c2ccc(Cl)c(Cl)c2)COCCN1C(=O)O. The zero-order valence-corrected chi connectivity index (χ0v) is 14.7. The Labute approximate surface area is 144 Å². The molecule has 0 aliphatic carbocycles. The molecule has 0 saturated carbocycles. The molecule has 0 radical (unpaired) electrons. The molecule has 0 aromatic heterocycles. The van der Waals surface area contributed by atoms with Crippen molar-refractivity contribution in [2.24, 2.45) is 0 Å². The van der Waals surface area contributed by atoms with Gasteiger partial charge in [-0.25, -0.2) is 13.2 Å². The van der Waals surface area contributed by atoms with Crippen LogP contribution in [0.4, 0.5) is 4.79 Å². The van der Waals surface area contributed by atoms with Crippen molar-refractivity contribution in [2.45, 2.75) is 12.0 Å². The number of sulfone groups is 1. The van der Waals surface area contributed by atoms with Crippen LogP contribution in [0, 0.1) is 0 Å². The average molecular weight is 382 g/mol. The van der Waals surface area contributed by atoms with E-state index in [2.05, 4.69) is 0 Å². The molecule has 1 aliphatic heterocycles. The minimum Gasteiger partial charge on any atom is -0.465 e. The van der Waals surface area contributed by atoms with Gasteiger partial charge in [-0.2, -0.15) is 0 Å². The van der Waals surface area contributed by atoms with Crippen molar-refractivity contribution in [3.05, 3.63) is 33.8 Å². The Morgan fingerprint density at radius 2 is 2.09 bits per heavy atom. The van der Waals surface area contributed by atoms with Gasteiger partial charge in [0, 0.05) is 18.7 Å². The van der Waals surface area contributed by atoms with E-state index in [4.69, 9.17) is 27.9 Å². The van der Waals surface area contributed by atoms with E-state index >= 15 is 0 Å². The van der Waals surface area contributed by atoms with Crippen LogP contribution in [-0.4, -0.2) is 62.3 Å². The summed E-state index contributed by atoms with van der Waals surface area (Å²) in [6, 6.07) is 4.19. The van der Waals surface area contributed by atoms with Crippen LogP contribution in [0.25, 0.3) is 0 Å². The standard InChI is InChI=1S/C14H17Cl2NO5S/c1-23(20,21)8-13-10(7-22-5-4-17(13)14(18)19)9-2-3-11(15)12(16)6-9/h2-3,6,10,13H,4-5,7-8H2,1H3,(H,18,19). The molecule has 1 saturated heterocycles. The van der Waals surface area contributed by atoms with Crippen molar-refractivity contribution in [3.8, 4) is 0 Å². The highest BCUT2D eigenvalue weighted by molar-refractivity contribution is 7.90. The van der Waals surface area contributed by atoms with Gasteiger partial charge in [0.05, 0.1) is 35.1 Å². The fourth-order valence-corrected chi connectivity index (χ4v) is 4.02. The number of hydrogen-bond acceptors (Lipinski definition) is 4. The number of ether oxygens (including phenoxy) is 1. The maximum atomic E-state index is 11.8. The van der Waals surface area contributed by atoms with Gasteiger partial charge in [0.1, 0.15) is 9.84 Å². The normalized spacial score (nSPS) is 22.7. The quantitative estimate of drug-likeness (QED) is 0.869. The van der Waals surface area contributed by atoms with Gasteiger partial charge in [0.2, 0.25) is 0 Å². The molecule has 1 heterocycles. The third kappa shape index (κ3) is 4.73. The fraction of sp³-hybridized carbons (Fsp3) is 0.500. The molecule has 1 aromatic carbocycles. The summed E-state index contributed by atoms with van der Waals surface area (Å²) >= 11 is 11.9. The fourth-order valence-electron chi connectivity index (χ4n) is 2.68. The molecule has 9 heteroatoms. The summed E-state index contributed by atoms with van der Waals surface area (Å²) in [4.78, 5) is 12.7. The Kier molecular flexibility index (Phi) is 5.78. The van der Waals surface area contributed by atoms with Gasteiger partial charge < -0.3 is 14.7 Å². The second-order valence-corrected chi connectivity index (χ2v) is 8.49. The van der Waals surface area contributed by atoms with E-state index in [-0.39, 0.29) is 25.5 Å². The molecule has 0 bridgehead atoms. The van der Waals surface area contributed by atoms with Crippen molar-refractivity contribution in [2.75, 3.05) is 31.8 Å². The first-order valence-corrected chi connectivity index (χ1v) is 9.70. The highest BCUT2D eigenvalue weighted by atomic mass is 35.5. The maximum absolute atomic E-state index is 11.8. The van der Waals surface area contributed by atoms with Gasteiger partial charge in [-0.15, -0.1) is 0 Å². The summed E-state index contributed by atoms with van der Waals surface area (Å²) in [5.74, 6) is -0.730. The van der Waals surface area contributed by atoms with E-state index < -0.39 is 27.9 Å². The monoisotopic (exact) mass is 381 g/mol. The Bertz CT molecular complexity index is 694. The van der Waals surface area contributed by atoms with Crippen LogP contribution in [0.15, 0.2) is 18.2 Å². The number of benzene rings is 1. The third-order valence-electron chi connectivity index (χ3n) is 3.73. The summed E-state index contributed by atoms with van der Waals surface area (Å²) in [6.45, 7) is 0.541. The summed E-state index contributed by atoms with van der Waals surface area (Å²) in [5, 5.41) is 10.1. The summed E-state index contributed by atoms with van der Waals surface area (Å²) in [6.07, 6.45) is -0.0841. The van der Waals surface area contributed by atoms with E-state index in [9.17, 15) is 18.3 Å². The smallest absolute Gasteiger partial charge is 0.407 e. The van der Waals surface area contributed by atoms with Crippen LogP contribution in [0.3, 0.4) is 0 Å². The first kappa shape index (κ1) is 18.3. The lowest BCUT2D eigenvalue weighted by atomic mass is 9.92. The van der Waals surface area contributed by atoms with E-state index in [0.717, 1.165) is 11.2 Å². The highest BCUT2D eigenvalue weighted by Gasteiger charge is 2.36. The second-order valence-electron chi connectivity index (χ2n) is 5.49. The van der Waals surface area contributed by atoms with Gasteiger partial charge in [-0.3, -0.25) is 0 Å². The molecule has 0 spiro atoms. The molecule has 6 nitrogen and oxygen atoms in total. The van der Waals surface area contributed by atoms with Gasteiger partial charge >= 0.3 is 6.09 Å². The second kappa shape index (κ2) is 7.25. The Morgan fingerprint density at radius 1 is 1.39 bits per heavy atom. The van der Waals surface area contributed by atoms with E-state index in [1.54, 1.807) is 18.2 Å². The maximum Gasteiger partial charge on any atom is 0.407 e. The predicted molar refractivity (Wildman–Crippen MR) is 88.3 cm³/mol. The number of carbonyl (C=O) groups is 1. The minimum absolute atomic E-state index is 0.118. The van der Waals surface area contributed by atoms with E-state index in [1.165, 1.54) is 0 Å². The van der Waals surface area contributed by atoms with Crippen LogP contribution < -0.4 is 0 Å². The average Bonchev–Trinajstić information content (AvgIpc) is 2.63. The molecule has 1 N–H and O–H groups in total. The van der Waals surface area contributed by atoms with Crippen molar-refractivity contribution in [1.29, 1.82) is 0 Å². The molecule has 1 aliphatic rings. The molecule has 2 atom stereocenters. The number of hydrogen-bond donors (Lipinski definition) is 1. The van der Waals surface area contributed by atoms with Gasteiger partial charge in [0.15, 0.2) is 0 Å². The minimum atomic E-state index is -3.39. The highest BCUT2D eigenvalue weighted by Crippen LogP contribution is 2.32. The predicted octanol–water partition coefficient (Wildman–Crippen LogP) is 2.50. The number of carboxylic acid groups (broad SMARTS) is 1. The van der Waals surface area contributed by atoms with E-state index in [0.29, 0.717) is 15.6 Å². The summed E-state index contributed by atoms with van der Waals surface area (Å²) < 4.78 is 29.0. The molecule has 23 heavy (non-hydrogen) atoms. The van der Waals surface area contributed by atoms with Gasteiger partial charge in [-0.1, -0.05) is 29.3 Å². The van der Waals surface area contributed by atoms with Crippen LogP contribution in [0.5, 0.6) is 0 Å². The van der Waals surface area contributed by atoms with Crippen molar-refractivity contribution in [1.82, 2.24) is 4.90 Å². The van der Waals surface area contributed by atoms with Gasteiger partial charge in [-0.05, 0) is 17.7 Å². The topological polar surface area (TPSA) is 83.9 Å². The number of nitrogens with zero attached hydrogens (tertiary/aromatic N) is 1. The Morgan fingerprint density at radius 3 is 2.65 bits per heavy atom. The lowest BCUT2D eigenvalue weighted by molar-refractivity contribution is 0.121. The molecule has 1 amide bonds. The molecule has 2 unspecified atom stereocenters. The van der Waals surface area contributed by atoms with Crippen LogP contribution >= 0.6 is 23.2 Å². The Balaban J connectivity index is 2.46. The van der Waals surface area contributed by atoms with Crippen LogP contribution in [-0.2, 0) is 14.6 Å². The largest absolute Gasteiger partial charge is 0.465 e. The van der Waals surface area contributed by atoms with Gasteiger partial charge in [0.25, 0.3) is 0 Å². The van der Waals surface area contributed by atoms with Crippen molar-refractivity contribution >= 4 is 39.1 Å². The molecule has 1 aromatic rings. The Hall–Kier alpha value is -1.02. The lowest BCUT2D eigenvalue weighted by Gasteiger charge is -2.32. The molecule has 128 valence electrons. The van der Waals surface area contributed by atoms with Crippen molar-refractivity contribution < 1.29 is 23.1 Å². The zero-order chi connectivity index (χ0) is 17.2. The summed E-state index contributed by atoms with van der Waals surface area (Å²) in [5.41, 5.74) is 0.696. The van der Waals surface area contributed by atoms with E-state index in [1.807, 2.05) is 0 Å². The molecule has 1 fully saturated rings. The third-order valence-corrected chi connectivity index (χ3v) is 5.42. The summed E-state index contributed by atoms with van der Waals surface area (Å²) in [7, 11) is -3.39. The first-order chi connectivity index (χ1) is 10.7. The molecule has 2 rings (SSSR count). The number of rotatable bonds is 3. The van der Waals surface area contributed by atoms with Crippen LogP contribution in [0.1, 0.15) is 11.5 Å². The number of amides is 1. The van der Waals surface area contributed by atoms with Crippen molar-refractivity contribution in [3.63, 3.8) is 0 Å². The molecular formula is C14H17Cl2NO5S. The number of halogens is 2. The zero-order valence-electron chi connectivity index (χ0n) is 12.4. The molecular weight excluding hydrogens is 365 g/mol.